The Labute approximate surface area is 147 Å². The number of H-pyrrole nitrogens is 1. The molecule has 0 aromatic carbocycles. The van der Waals surface area contributed by atoms with E-state index in [0.717, 1.165) is 47.1 Å². The second-order valence-corrected chi connectivity index (χ2v) is 7.96. The zero-order chi connectivity index (χ0) is 16.5. The Morgan fingerprint density at radius 2 is 2.42 bits per heavy atom. The van der Waals surface area contributed by atoms with Crippen LogP contribution in [0, 0.1) is 0 Å². The molecule has 3 aromatic rings. The van der Waals surface area contributed by atoms with Gasteiger partial charge in [-0.1, -0.05) is 6.07 Å². The van der Waals surface area contributed by atoms with Crippen molar-refractivity contribution in [3.05, 3.63) is 39.1 Å². The van der Waals surface area contributed by atoms with Gasteiger partial charge in [-0.2, -0.15) is 0 Å². The van der Waals surface area contributed by atoms with E-state index in [9.17, 15) is 4.79 Å². The molecule has 1 fully saturated rings. The van der Waals surface area contributed by atoms with Gasteiger partial charge in [0.15, 0.2) is 5.82 Å². The summed E-state index contributed by atoms with van der Waals surface area (Å²) in [5, 5.41) is 6.96. The second-order valence-electron chi connectivity index (χ2n) is 6.15. The molecule has 0 spiro atoms. The molecule has 0 unspecified atom stereocenters. The summed E-state index contributed by atoms with van der Waals surface area (Å²) in [6.45, 7) is 3.86. The van der Waals surface area contributed by atoms with Crippen LogP contribution in [0.2, 0.25) is 0 Å². The maximum absolute atomic E-state index is 12.6. The fourth-order valence-corrected chi connectivity index (χ4v) is 4.86. The van der Waals surface area contributed by atoms with Gasteiger partial charge in [-0.3, -0.25) is 4.79 Å². The average Bonchev–Trinajstić information content (AvgIpc) is 3.31. The van der Waals surface area contributed by atoms with E-state index in [0.29, 0.717) is 11.5 Å². The maximum atomic E-state index is 12.6. The van der Waals surface area contributed by atoms with Crippen LogP contribution >= 0.6 is 22.7 Å². The zero-order valence-electron chi connectivity index (χ0n) is 13.5. The molecule has 0 aliphatic carbocycles. The largest absolute Gasteiger partial charge is 0.372 e. The third kappa shape index (κ3) is 3.04. The highest BCUT2D eigenvalue weighted by atomic mass is 32.1. The van der Waals surface area contributed by atoms with E-state index in [-0.39, 0.29) is 11.6 Å². The first kappa shape index (κ1) is 16.0. The molecule has 4 rings (SSSR count). The molecule has 2 atom stereocenters. The standard InChI is InChI=1S/C17H19N3O2S2/c1-10(18-8-11-4-2-6-22-11)15-19-16(21)14-12(9-24-17(14)20-15)13-5-3-7-23-13/h3,5,7,9-11,18H,2,4,6,8H2,1H3,(H,19,20,21)/p+1/t10-,11-/m1/s1. The molecule has 7 heteroatoms. The molecule has 0 saturated carbocycles. The Morgan fingerprint density at radius 1 is 1.50 bits per heavy atom. The maximum Gasteiger partial charge on any atom is 0.260 e. The van der Waals surface area contributed by atoms with Crippen LogP contribution in [-0.2, 0) is 4.74 Å². The summed E-state index contributed by atoms with van der Waals surface area (Å²) in [5.74, 6) is 0.741. The Bertz CT molecular complexity index is 879. The van der Waals surface area contributed by atoms with E-state index in [1.807, 2.05) is 22.9 Å². The highest BCUT2D eigenvalue weighted by Crippen LogP contribution is 2.33. The van der Waals surface area contributed by atoms with Crippen molar-refractivity contribution in [1.82, 2.24) is 9.97 Å². The molecule has 3 aromatic heterocycles. The van der Waals surface area contributed by atoms with Gasteiger partial charge in [0.2, 0.25) is 0 Å². The number of aromatic nitrogens is 2. The van der Waals surface area contributed by atoms with Crippen LogP contribution in [-0.4, -0.2) is 29.2 Å². The Balaban J connectivity index is 1.60. The summed E-state index contributed by atoms with van der Waals surface area (Å²) in [7, 11) is 0. The Morgan fingerprint density at radius 3 is 3.17 bits per heavy atom. The number of rotatable bonds is 5. The molecule has 0 amide bonds. The number of nitrogens with one attached hydrogen (secondary N) is 1. The van der Waals surface area contributed by atoms with Crippen molar-refractivity contribution >= 4 is 32.9 Å². The van der Waals surface area contributed by atoms with Gasteiger partial charge in [-0.15, -0.1) is 22.7 Å². The number of quaternary nitrogens is 1. The number of nitrogens with zero attached hydrogens (tertiary/aromatic N) is 1. The van der Waals surface area contributed by atoms with Crippen LogP contribution in [0.15, 0.2) is 27.7 Å². The monoisotopic (exact) mass is 362 g/mol. The van der Waals surface area contributed by atoms with Gasteiger partial charge < -0.3 is 15.0 Å². The van der Waals surface area contributed by atoms with Crippen molar-refractivity contribution in [1.29, 1.82) is 0 Å². The highest BCUT2D eigenvalue weighted by Gasteiger charge is 2.21. The minimum absolute atomic E-state index is 0.0444. The van der Waals surface area contributed by atoms with Crippen LogP contribution in [0.1, 0.15) is 31.6 Å². The average molecular weight is 363 g/mol. The fourth-order valence-electron chi connectivity index (χ4n) is 3.09. The van der Waals surface area contributed by atoms with Crippen molar-refractivity contribution < 1.29 is 10.1 Å². The van der Waals surface area contributed by atoms with Crippen molar-refractivity contribution in [2.45, 2.75) is 31.9 Å². The highest BCUT2D eigenvalue weighted by molar-refractivity contribution is 7.18. The summed E-state index contributed by atoms with van der Waals surface area (Å²) < 4.78 is 5.66. The van der Waals surface area contributed by atoms with Gasteiger partial charge >= 0.3 is 0 Å². The number of fused-ring (bicyclic) bond motifs is 1. The molecule has 1 aliphatic heterocycles. The third-order valence-electron chi connectivity index (χ3n) is 4.46. The van der Waals surface area contributed by atoms with E-state index in [1.54, 1.807) is 11.3 Å². The van der Waals surface area contributed by atoms with Crippen LogP contribution in [0.3, 0.4) is 0 Å². The Hall–Kier alpha value is -1.54. The first-order valence-electron chi connectivity index (χ1n) is 8.22. The smallest absolute Gasteiger partial charge is 0.260 e. The normalized spacial score (nSPS) is 19.1. The van der Waals surface area contributed by atoms with Crippen molar-refractivity contribution in [3.63, 3.8) is 0 Å². The van der Waals surface area contributed by atoms with Crippen molar-refractivity contribution in [2.75, 3.05) is 13.2 Å². The number of hydrogen-bond donors (Lipinski definition) is 2. The van der Waals surface area contributed by atoms with Gasteiger partial charge in [0, 0.05) is 22.4 Å². The van der Waals surface area contributed by atoms with E-state index in [1.165, 1.54) is 11.3 Å². The van der Waals surface area contributed by atoms with Gasteiger partial charge in [-0.25, -0.2) is 4.98 Å². The topological polar surface area (TPSA) is 71.6 Å². The molecule has 24 heavy (non-hydrogen) atoms. The summed E-state index contributed by atoms with van der Waals surface area (Å²) in [5.41, 5.74) is 0.943. The summed E-state index contributed by atoms with van der Waals surface area (Å²) in [6, 6.07) is 4.15. The Kier molecular flexibility index (Phi) is 4.49. The number of nitrogens with two attached hydrogens (primary N) is 1. The molecule has 126 valence electrons. The lowest BCUT2D eigenvalue weighted by Gasteiger charge is -2.13. The molecular formula is C17H20N3O2S2+. The zero-order valence-corrected chi connectivity index (χ0v) is 15.1. The van der Waals surface area contributed by atoms with Crippen LogP contribution in [0.25, 0.3) is 20.7 Å². The SMILES string of the molecule is C[C@@H]([NH2+]C[C@H]1CCCO1)c1nc2scc(-c3cccs3)c2c(=O)[nH]1. The lowest BCUT2D eigenvalue weighted by atomic mass is 10.2. The molecule has 0 bridgehead atoms. The minimum atomic E-state index is -0.0444. The second kappa shape index (κ2) is 6.76. The summed E-state index contributed by atoms with van der Waals surface area (Å²) >= 11 is 3.18. The molecule has 3 N–H and O–H groups in total. The molecular weight excluding hydrogens is 342 g/mol. The van der Waals surface area contributed by atoms with E-state index in [2.05, 4.69) is 17.2 Å². The van der Waals surface area contributed by atoms with Gasteiger partial charge in [0.05, 0.1) is 5.39 Å². The number of hydrogen-bond acceptors (Lipinski definition) is 5. The van der Waals surface area contributed by atoms with E-state index >= 15 is 0 Å². The lowest BCUT2D eigenvalue weighted by Crippen LogP contribution is -2.86. The van der Waals surface area contributed by atoms with E-state index in [4.69, 9.17) is 9.72 Å². The molecule has 1 saturated heterocycles. The fraction of sp³-hybridized carbons (Fsp3) is 0.412. The number of aromatic amines is 1. The number of thiophene rings is 2. The lowest BCUT2D eigenvalue weighted by molar-refractivity contribution is -0.699. The molecule has 0 radical (unpaired) electrons. The molecule has 5 nitrogen and oxygen atoms in total. The predicted octanol–water partition coefficient (Wildman–Crippen LogP) is 2.52. The van der Waals surface area contributed by atoms with Gasteiger partial charge in [0.1, 0.15) is 23.5 Å². The van der Waals surface area contributed by atoms with Crippen LogP contribution < -0.4 is 10.9 Å². The van der Waals surface area contributed by atoms with Gasteiger partial charge in [-0.05, 0) is 31.2 Å². The van der Waals surface area contributed by atoms with Gasteiger partial charge in [0.25, 0.3) is 5.56 Å². The van der Waals surface area contributed by atoms with Crippen molar-refractivity contribution in [3.8, 4) is 10.4 Å². The molecule has 4 heterocycles. The summed E-state index contributed by atoms with van der Waals surface area (Å²) in [4.78, 5) is 22.2. The minimum Gasteiger partial charge on any atom is -0.372 e. The first-order valence-corrected chi connectivity index (χ1v) is 9.98. The van der Waals surface area contributed by atoms with Crippen molar-refractivity contribution in [2.24, 2.45) is 0 Å². The molecule has 1 aliphatic rings. The summed E-state index contributed by atoms with van der Waals surface area (Å²) in [6.07, 6.45) is 2.60. The first-order chi connectivity index (χ1) is 11.7. The quantitative estimate of drug-likeness (QED) is 0.733. The van der Waals surface area contributed by atoms with Crippen LogP contribution in [0.4, 0.5) is 0 Å². The number of ether oxygens (including phenoxy) is 1. The van der Waals surface area contributed by atoms with Crippen LogP contribution in [0.5, 0.6) is 0 Å². The van der Waals surface area contributed by atoms with E-state index < -0.39 is 0 Å². The predicted molar refractivity (Wildman–Crippen MR) is 97.7 cm³/mol. The third-order valence-corrected chi connectivity index (χ3v) is 6.23.